The summed E-state index contributed by atoms with van der Waals surface area (Å²) in [5.41, 5.74) is 6.91. The van der Waals surface area contributed by atoms with Gasteiger partial charge in [-0.3, -0.25) is 9.78 Å². The van der Waals surface area contributed by atoms with Gasteiger partial charge in [-0.05, 0) is 24.1 Å². The van der Waals surface area contributed by atoms with Crippen molar-refractivity contribution in [3.8, 4) is 0 Å². The molecule has 1 aliphatic rings. The van der Waals surface area contributed by atoms with Crippen LogP contribution < -0.4 is 0 Å². The van der Waals surface area contributed by atoms with Crippen molar-refractivity contribution in [2.75, 3.05) is 6.54 Å². The summed E-state index contributed by atoms with van der Waals surface area (Å²) in [5, 5.41) is 1.21. The highest BCUT2D eigenvalue weighted by molar-refractivity contribution is 5.94. The number of aromatic nitrogens is 2. The van der Waals surface area contributed by atoms with E-state index in [4.69, 9.17) is 0 Å². The number of carbonyl (C=O) groups excluding carboxylic acids is 1. The molecule has 0 bridgehead atoms. The Balaban J connectivity index is 1.72. The van der Waals surface area contributed by atoms with Crippen LogP contribution in [-0.4, -0.2) is 27.3 Å². The maximum Gasteiger partial charge on any atom is 0.219 e. The van der Waals surface area contributed by atoms with E-state index in [1.807, 2.05) is 24.1 Å². The van der Waals surface area contributed by atoms with E-state index in [2.05, 4.69) is 46.4 Å². The first-order valence-corrected chi connectivity index (χ1v) is 8.60. The molecule has 4 rings (SSSR count). The Hall–Kier alpha value is -2.88. The monoisotopic (exact) mass is 331 g/mol. The molecule has 126 valence electrons. The summed E-state index contributed by atoms with van der Waals surface area (Å²) < 4.78 is 0. The second-order valence-corrected chi connectivity index (χ2v) is 6.61. The van der Waals surface area contributed by atoms with Crippen LogP contribution in [0.1, 0.15) is 35.0 Å². The number of benzene rings is 1. The third-order valence-electron chi connectivity index (χ3n) is 4.88. The second kappa shape index (κ2) is 6.20. The van der Waals surface area contributed by atoms with Gasteiger partial charge in [-0.1, -0.05) is 36.4 Å². The molecule has 0 spiro atoms. The summed E-state index contributed by atoms with van der Waals surface area (Å²) in [6.07, 6.45) is 6.98. The molecule has 2 aromatic heterocycles. The van der Waals surface area contributed by atoms with Gasteiger partial charge >= 0.3 is 0 Å². The van der Waals surface area contributed by atoms with E-state index >= 15 is 0 Å². The minimum atomic E-state index is 0.142. The quantitative estimate of drug-likeness (QED) is 0.773. The molecule has 1 amide bonds. The van der Waals surface area contributed by atoms with E-state index < -0.39 is 0 Å². The normalized spacial score (nSPS) is 14.2. The molecule has 0 saturated heterocycles. The number of hydrogen-bond acceptors (Lipinski definition) is 2. The largest absolute Gasteiger partial charge is 0.358 e. The molecule has 1 aliphatic heterocycles. The van der Waals surface area contributed by atoms with Gasteiger partial charge in [-0.25, -0.2) is 0 Å². The van der Waals surface area contributed by atoms with Gasteiger partial charge in [0.25, 0.3) is 0 Å². The van der Waals surface area contributed by atoms with Crippen LogP contribution in [0, 0.1) is 6.92 Å². The van der Waals surface area contributed by atoms with Crippen molar-refractivity contribution < 1.29 is 4.79 Å². The Kier molecular flexibility index (Phi) is 3.88. The van der Waals surface area contributed by atoms with Crippen molar-refractivity contribution in [3.05, 3.63) is 64.6 Å². The summed E-state index contributed by atoms with van der Waals surface area (Å²) in [4.78, 5) is 21.5. The Morgan fingerprint density at radius 2 is 2.12 bits per heavy atom. The van der Waals surface area contributed by atoms with E-state index in [0.717, 1.165) is 35.3 Å². The number of hydrogen-bond donors (Lipinski definition) is 1. The van der Waals surface area contributed by atoms with E-state index in [1.54, 1.807) is 6.92 Å². The molecule has 3 aromatic rings. The van der Waals surface area contributed by atoms with Crippen LogP contribution in [0.5, 0.6) is 0 Å². The topological polar surface area (TPSA) is 49.0 Å². The van der Waals surface area contributed by atoms with Gasteiger partial charge in [-0.15, -0.1) is 0 Å². The number of amides is 1. The van der Waals surface area contributed by atoms with Crippen LogP contribution >= 0.6 is 0 Å². The van der Waals surface area contributed by atoms with E-state index in [9.17, 15) is 4.79 Å². The zero-order valence-corrected chi connectivity index (χ0v) is 14.5. The van der Waals surface area contributed by atoms with Crippen molar-refractivity contribution >= 4 is 29.0 Å². The highest BCUT2D eigenvalue weighted by Gasteiger charge is 2.22. The maximum atomic E-state index is 11.7. The van der Waals surface area contributed by atoms with Crippen molar-refractivity contribution in [2.24, 2.45) is 0 Å². The van der Waals surface area contributed by atoms with Crippen LogP contribution in [-0.2, 0) is 17.8 Å². The third kappa shape index (κ3) is 2.95. The molecule has 0 radical (unpaired) electrons. The predicted octanol–water partition coefficient (Wildman–Crippen LogP) is 3.95. The first-order chi connectivity index (χ1) is 12.1. The van der Waals surface area contributed by atoms with Gasteiger partial charge in [0.2, 0.25) is 5.91 Å². The van der Waals surface area contributed by atoms with E-state index in [0.29, 0.717) is 6.54 Å². The molecular formula is C21H21N3O. The average molecular weight is 331 g/mol. The summed E-state index contributed by atoms with van der Waals surface area (Å²) in [6.45, 7) is 5.11. The SMILES string of the molecule is CC(=O)N1CCc2[nH]c3c(/C=C/c4ccc(C)nc4)cccc3c2C1. The lowest BCUT2D eigenvalue weighted by Crippen LogP contribution is -2.33. The fourth-order valence-electron chi connectivity index (χ4n) is 3.43. The fraction of sp³-hybridized carbons (Fsp3) is 0.238. The molecular weight excluding hydrogens is 310 g/mol. The zero-order valence-electron chi connectivity index (χ0n) is 14.5. The van der Waals surface area contributed by atoms with Crippen LogP contribution in [0.4, 0.5) is 0 Å². The standard InChI is InChI=1S/C21H21N3O/c1-14-6-7-16(12-22-14)8-9-17-4-3-5-18-19-13-24(15(2)25)11-10-20(19)23-21(17)18/h3-9,12,23H,10-11,13H2,1-2H3/b9-8+. The fourth-order valence-corrected chi connectivity index (χ4v) is 3.43. The summed E-state index contributed by atoms with van der Waals surface area (Å²) in [6, 6.07) is 10.4. The number of aryl methyl sites for hydroxylation is 1. The van der Waals surface area contributed by atoms with E-state index in [-0.39, 0.29) is 5.91 Å². The second-order valence-electron chi connectivity index (χ2n) is 6.61. The molecule has 25 heavy (non-hydrogen) atoms. The van der Waals surface area contributed by atoms with Crippen LogP contribution in [0.25, 0.3) is 23.1 Å². The summed E-state index contributed by atoms with van der Waals surface area (Å²) >= 11 is 0. The van der Waals surface area contributed by atoms with Crippen molar-refractivity contribution in [1.82, 2.24) is 14.9 Å². The number of carbonyl (C=O) groups is 1. The number of H-pyrrole nitrogens is 1. The Morgan fingerprint density at radius 3 is 2.88 bits per heavy atom. The van der Waals surface area contributed by atoms with Crippen molar-refractivity contribution in [2.45, 2.75) is 26.8 Å². The Morgan fingerprint density at radius 1 is 1.24 bits per heavy atom. The predicted molar refractivity (Wildman–Crippen MR) is 101 cm³/mol. The Labute approximate surface area is 147 Å². The van der Waals surface area contributed by atoms with Crippen molar-refractivity contribution in [3.63, 3.8) is 0 Å². The molecule has 0 atom stereocenters. The number of aromatic amines is 1. The molecule has 4 nitrogen and oxygen atoms in total. The smallest absolute Gasteiger partial charge is 0.219 e. The molecule has 1 N–H and O–H groups in total. The first kappa shape index (κ1) is 15.6. The zero-order chi connectivity index (χ0) is 17.4. The highest BCUT2D eigenvalue weighted by Crippen LogP contribution is 2.30. The number of nitrogens with zero attached hydrogens (tertiary/aromatic N) is 2. The molecule has 0 unspecified atom stereocenters. The highest BCUT2D eigenvalue weighted by atomic mass is 16.2. The van der Waals surface area contributed by atoms with Crippen LogP contribution in [0.2, 0.25) is 0 Å². The number of pyridine rings is 1. The average Bonchev–Trinajstić information content (AvgIpc) is 2.99. The lowest BCUT2D eigenvalue weighted by Gasteiger charge is -2.25. The maximum absolute atomic E-state index is 11.7. The van der Waals surface area contributed by atoms with Crippen molar-refractivity contribution in [1.29, 1.82) is 0 Å². The lowest BCUT2D eigenvalue weighted by molar-refractivity contribution is -0.129. The Bertz CT molecular complexity index is 967. The van der Waals surface area contributed by atoms with Gasteiger partial charge in [0.1, 0.15) is 0 Å². The summed E-state index contributed by atoms with van der Waals surface area (Å²) in [5.74, 6) is 0.142. The molecule has 0 fully saturated rings. The summed E-state index contributed by atoms with van der Waals surface area (Å²) in [7, 11) is 0. The van der Waals surface area contributed by atoms with Crippen LogP contribution in [0.3, 0.4) is 0 Å². The molecule has 1 aromatic carbocycles. The number of para-hydroxylation sites is 1. The minimum Gasteiger partial charge on any atom is -0.358 e. The lowest BCUT2D eigenvalue weighted by atomic mass is 10.0. The number of nitrogens with one attached hydrogen (secondary N) is 1. The van der Waals surface area contributed by atoms with Gasteiger partial charge in [0.05, 0.1) is 5.52 Å². The molecule has 4 heteroatoms. The molecule has 0 aliphatic carbocycles. The third-order valence-corrected chi connectivity index (χ3v) is 4.88. The molecule has 3 heterocycles. The van der Waals surface area contributed by atoms with Gasteiger partial charge < -0.3 is 9.88 Å². The number of fused-ring (bicyclic) bond motifs is 3. The van der Waals surface area contributed by atoms with E-state index in [1.165, 1.54) is 16.6 Å². The number of rotatable bonds is 2. The minimum absolute atomic E-state index is 0.142. The first-order valence-electron chi connectivity index (χ1n) is 8.60. The van der Waals surface area contributed by atoms with Gasteiger partial charge in [0, 0.05) is 55.0 Å². The molecule has 0 saturated carbocycles. The van der Waals surface area contributed by atoms with Crippen LogP contribution in [0.15, 0.2) is 36.5 Å². The van der Waals surface area contributed by atoms with Gasteiger partial charge in [0.15, 0.2) is 0 Å². The van der Waals surface area contributed by atoms with Gasteiger partial charge in [-0.2, -0.15) is 0 Å².